The predicted octanol–water partition coefficient (Wildman–Crippen LogP) is 6.53. The number of carbonyl (C=O) groups excluding carboxylic acids is 1. The third-order valence-corrected chi connectivity index (χ3v) is 9.85. The van der Waals surface area contributed by atoms with Crippen molar-refractivity contribution in [2.24, 2.45) is 5.10 Å². The summed E-state index contributed by atoms with van der Waals surface area (Å²) < 4.78 is 45.6. The average Bonchev–Trinajstić information content (AvgIpc) is 3.47. The van der Waals surface area contributed by atoms with Gasteiger partial charge in [0.15, 0.2) is 11.5 Å². The van der Waals surface area contributed by atoms with Crippen molar-refractivity contribution in [3.8, 4) is 17.2 Å². The van der Waals surface area contributed by atoms with Crippen molar-refractivity contribution in [3.63, 3.8) is 0 Å². The summed E-state index contributed by atoms with van der Waals surface area (Å²) in [6, 6.07) is 23.9. The van der Waals surface area contributed by atoms with Crippen molar-refractivity contribution in [1.29, 1.82) is 0 Å². The molecule has 0 fully saturated rings. The van der Waals surface area contributed by atoms with Crippen LogP contribution < -0.4 is 23.5 Å². The number of para-hydroxylation sites is 1. The first kappa shape index (κ1) is 31.5. The number of sulfonamides is 1. The molecule has 10 nitrogen and oxygen atoms in total. The molecule has 0 bridgehead atoms. The van der Waals surface area contributed by atoms with Crippen molar-refractivity contribution in [2.75, 3.05) is 37.2 Å². The van der Waals surface area contributed by atoms with E-state index in [2.05, 4.69) is 10.1 Å². The first-order valence-electron chi connectivity index (χ1n) is 13.9. The third kappa shape index (κ3) is 6.47. The van der Waals surface area contributed by atoms with E-state index in [9.17, 15) is 13.2 Å². The van der Waals surface area contributed by atoms with E-state index in [4.69, 9.17) is 14.2 Å². The summed E-state index contributed by atoms with van der Waals surface area (Å²) in [5, 5.41) is 6.10. The fourth-order valence-electron chi connectivity index (χ4n) is 4.70. The molecule has 45 heavy (non-hydrogen) atoms. The van der Waals surface area contributed by atoms with E-state index in [0.717, 1.165) is 15.8 Å². The number of aryl methyl sites for hydroxylation is 1. The summed E-state index contributed by atoms with van der Waals surface area (Å²) in [5.41, 5.74) is 3.15. The smallest absolute Gasteiger partial charge is 0.280 e. The number of carbonyl (C=O) groups is 1. The zero-order chi connectivity index (χ0) is 32.1. The Morgan fingerprint density at radius 2 is 1.58 bits per heavy atom. The normalized spacial score (nSPS) is 11.5. The Morgan fingerprint density at radius 3 is 2.18 bits per heavy atom. The van der Waals surface area contributed by atoms with Gasteiger partial charge < -0.3 is 14.2 Å². The number of hydrogen-bond donors (Lipinski definition) is 0. The number of benzene rings is 4. The number of rotatable bonds is 11. The molecule has 5 rings (SSSR count). The second-order valence-electron chi connectivity index (χ2n) is 9.82. The number of thiazole rings is 1. The summed E-state index contributed by atoms with van der Waals surface area (Å²) in [5.74, 6) is 0.796. The summed E-state index contributed by atoms with van der Waals surface area (Å²) >= 11 is 1.32. The van der Waals surface area contributed by atoms with Gasteiger partial charge in [-0.3, -0.25) is 9.10 Å². The van der Waals surface area contributed by atoms with Crippen LogP contribution in [-0.4, -0.2) is 53.4 Å². The second kappa shape index (κ2) is 13.4. The largest absolute Gasteiger partial charge is 0.493 e. The lowest BCUT2D eigenvalue weighted by atomic mass is 10.2. The van der Waals surface area contributed by atoms with Gasteiger partial charge in [0.05, 0.1) is 48.3 Å². The molecule has 0 radical (unpaired) electrons. The van der Waals surface area contributed by atoms with Crippen LogP contribution in [0.4, 0.5) is 10.8 Å². The van der Waals surface area contributed by atoms with E-state index in [-0.39, 0.29) is 17.0 Å². The first-order chi connectivity index (χ1) is 21.7. The van der Waals surface area contributed by atoms with E-state index in [1.807, 2.05) is 31.2 Å². The highest BCUT2D eigenvalue weighted by molar-refractivity contribution is 7.92. The maximum Gasteiger partial charge on any atom is 0.280 e. The van der Waals surface area contributed by atoms with E-state index in [1.54, 1.807) is 43.3 Å². The Morgan fingerprint density at radius 1 is 0.911 bits per heavy atom. The maximum absolute atomic E-state index is 14.0. The van der Waals surface area contributed by atoms with Gasteiger partial charge in [0.1, 0.15) is 0 Å². The zero-order valence-corrected chi connectivity index (χ0v) is 27.1. The van der Waals surface area contributed by atoms with Gasteiger partial charge in [-0.15, -0.1) is 0 Å². The van der Waals surface area contributed by atoms with Crippen LogP contribution >= 0.6 is 11.3 Å². The van der Waals surface area contributed by atoms with Crippen molar-refractivity contribution in [3.05, 3.63) is 102 Å². The van der Waals surface area contributed by atoms with Crippen LogP contribution in [-0.2, 0) is 10.0 Å². The van der Waals surface area contributed by atoms with Crippen molar-refractivity contribution >= 4 is 54.5 Å². The van der Waals surface area contributed by atoms with Gasteiger partial charge in [0, 0.05) is 17.7 Å². The molecule has 12 heteroatoms. The molecule has 0 aliphatic carbocycles. The van der Waals surface area contributed by atoms with Crippen LogP contribution in [0.25, 0.3) is 10.2 Å². The molecular formula is C33H32N4O6S2. The molecule has 1 amide bonds. The third-order valence-electron chi connectivity index (χ3n) is 6.94. The number of amides is 1. The summed E-state index contributed by atoms with van der Waals surface area (Å²) in [6.07, 6.45) is 1.50. The number of anilines is 2. The summed E-state index contributed by atoms with van der Waals surface area (Å²) in [6.45, 7) is 4.00. The Balaban J connectivity index is 1.52. The highest BCUT2D eigenvalue weighted by Gasteiger charge is 2.26. The van der Waals surface area contributed by atoms with Gasteiger partial charge >= 0.3 is 0 Å². The zero-order valence-electron chi connectivity index (χ0n) is 25.4. The quantitative estimate of drug-likeness (QED) is 0.119. The van der Waals surface area contributed by atoms with E-state index in [0.29, 0.717) is 33.6 Å². The fourth-order valence-corrected chi connectivity index (χ4v) is 7.20. The van der Waals surface area contributed by atoms with Gasteiger partial charge in [0.25, 0.3) is 15.9 Å². The Hall–Kier alpha value is -4.94. The number of methoxy groups -OCH3 is 3. The number of hydrogen-bond acceptors (Lipinski definition) is 9. The SMILES string of the molecule is CCN(c1ccccc1)S(=O)(=O)c1ccc(C(=O)N(/N=C/c2cc(OC)c(OC)c(OC)c2)c2nc3ccc(C)cc3s2)cc1. The number of fused-ring (bicyclic) bond motifs is 1. The Kier molecular flexibility index (Phi) is 9.35. The fraction of sp³-hybridized carbons (Fsp3) is 0.182. The van der Waals surface area contributed by atoms with Gasteiger partial charge in [-0.05, 0) is 80.1 Å². The minimum absolute atomic E-state index is 0.0627. The average molecular weight is 645 g/mol. The molecule has 1 aromatic heterocycles. The highest BCUT2D eigenvalue weighted by Crippen LogP contribution is 2.38. The Bertz CT molecular complexity index is 1930. The maximum atomic E-state index is 14.0. The van der Waals surface area contributed by atoms with E-state index < -0.39 is 15.9 Å². The molecule has 0 aliphatic rings. The summed E-state index contributed by atoms with van der Waals surface area (Å²) in [4.78, 5) is 18.7. The van der Waals surface area contributed by atoms with E-state index in [1.165, 1.54) is 72.5 Å². The Labute approximate surface area is 266 Å². The van der Waals surface area contributed by atoms with Crippen LogP contribution in [0.3, 0.4) is 0 Å². The minimum Gasteiger partial charge on any atom is -0.493 e. The molecule has 4 aromatic carbocycles. The lowest BCUT2D eigenvalue weighted by Gasteiger charge is -2.23. The molecule has 5 aromatic rings. The van der Waals surface area contributed by atoms with Gasteiger partial charge in [-0.25, -0.2) is 13.4 Å². The summed E-state index contributed by atoms with van der Waals surface area (Å²) in [7, 11) is 0.673. The molecule has 0 saturated heterocycles. The first-order valence-corrected chi connectivity index (χ1v) is 16.2. The number of nitrogens with zero attached hydrogens (tertiary/aromatic N) is 4. The van der Waals surface area contributed by atoms with Crippen LogP contribution in [0, 0.1) is 6.92 Å². The monoisotopic (exact) mass is 644 g/mol. The molecule has 1 heterocycles. The molecular weight excluding hydrogens is 613 g/mol. The predicted molar refractivity (Wildman–Crippen MR) is 178 cm³/mol. The highest BCUT2D eigenvalue weighted by atomic mass is 32.2. The standard InChI is InChI=1S/C33H32N4O6S2/c1-6-36(25-10-8-7-9-11-25)45(39,40)26-15-13-24(14-16-26)32(38)37(33-35-27-17-12-22(2)18-30(27)44-33)34-21-23-19-28(41-3)31(43-5)29(20-23)42-4/h7-21H,6H2,1-5H3/b34-21+. The molecule has 0 unspecified atom stereocenters. The minimum atomic E-state index is -3.87. The van der Waals surface area contributed by atoms with Gasteiger partial charge in [-0.2, -0.15) is 10.1 Å². The van der Waals surface area contributed by atoms with Crippen LogP contribution in [0.5, 0.6) is 17.2 Å². The molecule has 0 aliphatic heterocycles. The van der Waals surface area contributed by atoms with Gasteiger partial charge in [0.2, 0.25) is 10.9 Å². The number of aromatic nitrogens is 1. The molecule has 0 saturated carbocycles. The molecule has 0 atom stereocenters. The van der Waals surface area contributed by atoms with Crippen molar-refractivity contribution in [1.82, 2.24) is 4.98 Å². The van der Waals surface area contributed by atoms with Crippen LogP contribution in [0.1, 0.15) is 28.4 Å². The molecule has 232 valence electrons. The lowest BCUT2D eigenvalue weighted by Crippen LogP contribution is -2.31. The van der Waals surface area contributed by atoms with Gasteiger partial charge in [-0.1, -0.05) is 35.6 Å². The lowest BCUT2D eigenvalue weighted by molar-refractivity contribution is 0.0987. The number of hydrazone groups is 1. The second-order valence-corrected chi connectivity index (χ2v) is 12.7. The molecule has 0 N–H and O–H groups in total. The number of ether oxygens (including phenoxy) is 3. The van der Waals surface area contributed by atoms with E-state index >= 15 is 0 Å². The van der Waals surface area contributed by atoms with Crippen LogP contribution in [0.15, 0.2) is 94.9 Å². The molecule has 0 spiro atoms. The van der Waals surface area contributed by atoms with Crippen molar-refractivity contribution in [2.45, 2.75) is 18.7 Å². The van der Waals surface area contributed by atoms with Crippen molar-refractivity contribution < 1.29 is 27.4 Å². The van der Waals surface area contributed by atoms with Crippen LogP contribution in [0.2, 0.25) is 0 Å². The topological polar surface area (TPSA) is 111 Å².